The molecule has 0 aliphatic rings. The minimum Gasteiger partial charge on any atom is -0.471 e. The van der Waals surface area contributed by atoms with Gasteiger partial charge in [-0.3, -0.25) is 0 Å². The summed E-state index contributed by atoms with van der Waals surface area (Å²) in [4.78, 5) is 4.04. The molecule has 0 saturated heterocycles. The second-order valence-electron chi connectivity index (χ2n) is 2.93. The first-order chi connectivity index (χ1) is 6.68. The van der Waals surface area contributed by atoms with Gasteiger partial charge in [-0.25, -0.2) is 4.98 Å². The predicted molar refractivity (Wildman–Crippen MR) is 50.4 cm³/mol. The van der Waals surface area contributed by atoms with Crippen molar-refractivity contribution in [2.75, 3.05) is 0 Å². The van der Waals surface area contributed by atoms with Crippen LogP contribution in [0, 0.1) is 6.92 Å². The van der Waals surface area contributed by atoms with Crippen LogP contribution in [0.4, 0.5) is 0 Å². The molecule has 2 heterocycles. The summed E-state index contributed by atoms with van der Waals surface area (Å²) >= 11 is 0. The van der Waals surface area contributed by atoms with Crippen molar-refractivity contribution in [1.29, 1.82) is 0 Å². The Morgan fingerprint density at radius 3 is 2.79 bits per heavy atom. The molecule has 0 radical (unpaired) electrons. The highest BCUT2D eigenvalue weighted by molar-refractivity contribution is 6.57. The van der Waals surface area contributed by atoms with Gasteiger partial charge in [-0.1, -0.05) is 0 Å². The summed E-state index contributed by atoms with van der Waals surface area (Å²) in [5.41, 5.74) is 0.844. The predicted octanol–water partition coefficient (Wildman–Crippen LogP) is -0.546. The lowest BCUT2D eigenvalue weighted by molar-refractivity contribution is 0.409. The molecule has 2 aromatic rings. The first-order valence-corrected chi connectivity index (χ1v) is 4.13. The lowest BCUT2D eigenvalue weighted by Crippen LogP contribution is -2.28. The Morgan fingerprint density at radius 1 is 1.50 bits per heavy atom. The van der Waals surface area contributed by atoms with Gasteiger partial charge in [-0.05, 0) is 6.92 Å². The van der Waals surface area contributed by atoms with Crippen LogP contribution in [0.3, 0.4) is 0 Å². The summed E-state index contributed by atoms with van der Waals surface area (Å²) in [6.45, 7) is 1.85. The van der Waals surface area contributed by atoms with E-state index in [9.17, 15) is 0 Å². The fourth-order valence-corrected chi connectivity index (χ4v) is 1.25. The van der Waals surface area contributed by atoms with Crippen molar-refractivity contribution >= 4 is 12.8 Å². The maximum absolute atomic E-state index is 8.84. The topological polar surface area (TPSA) is 71.4 Å². The average molecular weight is 192 g/mol. The summed E-state index contributed by atoms with van der Waals surface area (Å²) in [7, 11) is -1.58. The quantitative estimate of drug-likeness (QED) is 0.626. The molecule has 0 atom stereocenters. The highest BCUT2D eigenvalue weighted by Gasteiger charge is 2.16. The number of furan rings is 1. The van der Waals surface area contributed by atoms with E-state index < -0.39 is 7.12 Å². The van der Waals surface area contributed by atoms with Gasteiger partial charge in [0.05, 0.1) is 5.69 Å². The summed E-state index contributed by atoms with van der Waals surface area (Å²) in [5, 5.41) is 17.7. The first kappa shape index (κ1) is 9.05. The van der Waals surface area contributed by atoms with Crippen LogP contribution in [0.15, 0.2) is 29.1 Å². The minimum absolute atomic E-state index is 0.119. The van der Waals surface area contributed by atoms with Gasteiger partial charge in [0.1, 0.15) is 17.7 Å². The molecule has 0 unspecified atom stereocenters. The number of aromatic nitrogens is 2. The van der Waals surface area contributed by atoms with Crippen LogP contribution >= 0.6 is 0 Å². The van der Waals surface area contributed by atoms with Crippen LogP contribution in [-0.2, 0) is 0 Å². The van der Waals surface area contributed by atoms with Crippen molar-refractivity contribution in [3.63, 3.8) is 0 Å². The maximum Gasteiger partial charge on any atom is 0.526 e. The zero-order valence-corrected chi connectivity index (χ0v) is 7.58. The van der Waals surface area contributed by atoms with Crippen LogP contribution in [0.5, 0.6) is 0 Å². The summed E-state index contributed by atoms with van der Waals surface area (Å²) < 4.78 is 6.74. The van der Waals surface area contributed by atoms with Gasteiger partial charge in [-0.15, -0.1) is 0 Å². The van der Waals surface area contributed by atoms with E-state index in [1.807, 2.05) is 6.92 Å². The molecule has 0 aliphatic carbocycles. The van der Waals surface area contributed by atoms with E-state index in [0.717, 1.165) is 11.5 Å². The molecule has 14 heavy (non-hydrogen) atoms. The van der Waals surface area contributed by atoms with Gasteiger partial charge >= 0.3 is 7.12 Å². The standard InChI is InChI=1S/C8H9BN2O3/c1-6-10-2-3-11(6)7-4-8(9(12)13)14-5-7/h2-5,12-13H,1H3. The van der Waals surface area contributed by atoms with E-state index in [-0.39, 0.29) is 5.66 Å². The molecule has 0 aliphatic heterocycles. The number of rotatable bonds is 2. The summed E-state index contributed by atoms with van der Waals surface area (Å²) in [6, 6.07) is 1.55. The van der Waals surface area contributed by atoms with Gasteiger partial charge < -0.3 is 19.0 Å². The zero-order chi connectivity index (χ0) is 10.1. The number of aryl methyl sites for hydroxylation is 1. The van der Waals surface area contributed by atoms with Crippen LogP contribution in [0.2, 0.25) is 0 Å². The second-order valence-corrected chi connectivity index (χ2v) is 2.93. The highest BCUT2D eigenvalue weighted by Crippen LogP contribution is 2.08. The Labute approximate surface area is 80.8 Å². The maximum atomic E-state index is 8.84. The van der Waals surface area contributed by atoms with Crippen LogP contribution in [-0.4, -0.2) is 26.7 Å². The van der Waals surface area contributed by atoms with E-state index in [1.165, 1.54) is 6.26 Å². The Balaban J connectivity index is 2.39. The molecule has 0 aromatic carbocycles. The normalized spacial score (nSPS) is 10.5. The van der Waals surface area contributed by atoms with Crippen LogP contribution in [0.25, 0.3) is 5.69 Å². The smallest absolute Gasteiger partial charge is 0.471 e. The Kier molecular flexibility index (Phi) is 2.15. The summed E-state index contributed by atoms with van der Waals surface area (Å²) in [5.74, 6) is 0.810. The van der Waals surface area contributed by atoms with Crippen molar-refractivity contribution in [2.45, 2.75) is 6.92 Å². The van der Waals surface area contributed by atoms with Gasteiger partial charge in [0.25, 0.3) is 0 Å². The second kappa shape index (κ2) is 3.32. The van der Waals surface area contributed by atoms with Crippen molar-refractivity contribution < 1.29 is 14.5 Å². The molecule has 2 N–H and O–H groups in total. The fraction of sp³-hybridized carbons (Fsp3) is 0.125. The highest BCUT2D eigenvalue weighted by atomic mass is 16.4. The van der Waals surface area contributed by atoms with Crippen molar-refractivity contribution in [1.82, 2.24) is 9.55 Å². The van der Waals surface area contributed by atoms with E-state index in [4.69, 9.17) is 14.5 Å². The number of nitrogens with zero attached hydrogens (tertiary/aromatic N) is 2. The number of imidazole rings is 1. The lowest BCUT2D eigenvalue weighted by atomic mass is 9.88. The van der Waals surface area contributed by atoms with E-state index in [2.05, 4.69) is 4.98 Å². The van der Waals surface area contributed by atoms with Crippen molar-refractivity contribution in [3.8, 4) is 5.69 Å². The molecular formula is C8H9BN2O3. The molecule has 0 amide bonds. The molecule has 2 aromatic heterocycles. The van der Waals surface area contributed by atoms with Crippen LogP contribution < -0.4 is 5.66 Å². The Hall–Kier alpha value is -1.53. The van der Waals surface area contributed by atoms with E-state index in [0.29, 0.717) is 0 Å². The van der Waals surface area contributed by atoms with Crippen molar-refractivity contribution in [2.24, 2.45) is 0 Å². The molecule has 0 fully saturated rings. The third-order valence-electron chi connectivity index (χ3n) is 1.96. The number of hydrogen-bond donors (Lipinski definition) is 2. The third-order valence-corrected chi connectivity index (χ3v) is 1.96. The third kappa shape index (κ3) is 1.45. The lowest BCUT2D eigenvalue weighted by Gasteiger charge is -1.97. The molecule has 0 saturated carbocycles. The van der Waals surface area contributed by atoms with E-state index in [1.54, 1.807) is 23.0 Å². The monoisotopic (exact) mass is 192 g/mol. The van der Waals surface area contributed by atoms with Gasteiger partial charge in [0.2, 0.25) is 0 Å². The first-order valence-electron chi connectivity index (χ1n) is 4.13. The van der Waals surface area contributed by atoms with Gasteiger partial charge in [0, 0.05) is 18.5 Å². The fourth-order valence-electron chi connectivity index (χ4n) is 1.25. The number of hydrogen-bond acceptors (Lipinski definition) is 4. The Morgan fingerprint density at radius 2 is 2.29 bits per heavy atom. The molecule has 0 spiro atoms. The molecule has 0 bridgehead atoms. The molecule has 72 valence electrons. The van der Waals surface area contributed by atoms with Gasteiger partial charge in [-0.2, -0.15) is 0 Å². The summed E-state index contributed by atoms with van der Waals surface area (Å²) in [6.07, 6.45) is 4.88. The minimum atomic E-state index is -1.58. The van der Waals surface area contributed by atoms with Gasteiger partial charge in [0.15, 0.2) is 0 Å². The molecule has 5 nitrogen and oxygen atoms in total. The zero-order valence-electron chi connectivity index (χ0n) is 7.58. The average Bonchev–Trinajstić information content (AvgIpc) is 2.71. The molecular weight excluding hydrogens is 183 g/mol. The van der Waals surface area contributed by atoms with Crippen molar-refractivity contribution in [3.05, 3.63) is 30.5 Å². The van der Waals surface area contributed by atoms with Crippen LogP contribution in [0.1, 0.15) is 5.82 Å². The molecule has 2 rings (SSSR count). The van der Waals surface area contributed by atoms with E-state index >= 15 is 0 Å². The Bertz CT molecular complexity index is 435. The SMILES string of the molecule is Cc1nccn1-c1coc(B(O)O)c1. The molecule has 6 heteroatoms. The largest absolute Gasteiger partial charge is 0.526 e.